The third-order valence-electron chi connectivity index (χ3n) is 9.42. The maximum atomic E-state index is 13.8. The SMILES string of the molecule is COc1ccc(C(OC[C@H]2O[C@@H](n3cnc(C(N)=O)n3)[C@H](OC(=O)c3ccccc3)[C@@H]2OC(=O)c2ccccc2)(c2ccccc2)c2ccc(OC)cc2)cc1. The molecule has 4 atom stereocenters. The van der Waals surface area contributed by atoms with E-state index in [-0.39, 0.29) is 23.6 Å². The van der Waals surface area contributed by atoms with Crippen molar-refractivity contribution in [3.05, 3.63) is 179 Å². The van der Waals surface area contributed by atoms with Gasteiger partial charge in [0.1, 0.15) is 29.5 Å². The number of aromatic nitrogens is 3. The van der Waals surface area contributed by atoms with Crippen molar-refractivity contribution in [1.29, 1.82) is 0 Å². The minimum Gasteiger partial charge on any atom is -0.497 e. The van der Waals surface area contributed by atoms with Crippen LogP contribution < -0.4 is 15.2 Å². The first kappa shape index (κ1) is 37.5. The van der Waals surface area contributed by atoms with Crippen LogP contribution in [0.5, 0.6) is 11.5 Å². The smallest absolute Gasteiger partial charge is 0.338 e. The fourth-order valence-corrected chi connectivity index (χ4v) is 6.65. The number of esters is 2. The second-order valence-electron chi connectivity index (χ2n) is 12.8. The number of carbonyl (C=O) groups excluding carboxylic acids is 3. The summed E-state index contributed by atoms with van der Waals surface area (Å²) >= 11 is 0. The molecule has 1 aromatic heterocycles. The molecule has 13 heteroatoms. The highest BCUT2D eigenvalue weighted by atomic mass is 16.7. The molecule has 1 amide bonds. The first-order valence-electron chi connectivity index (χ1n) is 17.7. The van der Waals surface area contributed by atoms with E-state index in [0.717, 1.165) is 16.7 Å². The Morgan fingerprint density at radius 1 is 0.661 bits per heavy atom. The highest BCUT2D eigenvalue weighted by molar-refractivity contribution is 5.90. The molecular formula is C43H38N4O9. The monoisotopic (exact) mass is 754 g/mol. The summed E-state index contributed by atoms with van der Waals surface area (Å²) in [7, 11) is 3.18. The number of methoxy groups -OCH3 is 2. The Hall–Kier alpha value is -6.83. The first-order valence-corrected chi connectivity index (χ1v) is 17.7. The van der Waals surface area contributed by atoms with E-state index < -0.39 is 48.0 Å². The van der Waals surface area contributed by atoms with Gasteiger partial charge in [0.2, 0.25) is 5.82 Å². The molecule has 0 bridgehead atoms. The molecule has 1 aliphatic heterocycles. The van der Waals surface area contributed by atoms with E-state index in [0.29, 0.717) is 11.5 Å². The average Bonchev–Trinajstić information content (AvgIpc) is 3.88. The molecule has 0 radical (unpaired) electrons. The van der Waals surface area contributed by atoms with Crippen molar-refractivity contribution < 1.29 is 42.8 Å². The first-order chi connectivity index (χ1) is 27.3. The van der Waals surface area contributed by atoms with E-state index in [4.69, 9.17) is 34.2 Å². The lowest BCUT2D eigenvalue weighted by Crippen LogP contribution is -2.43. The number of carbonyl (C=O) groups is 3. The number of benzene rings is 5. The number of amides is 1. The van der Waals surface area contributed by atoms with Crippen molar-refractivity contribution >= 4 is 17.8 Å². The third kappa shape index (κ3) is 7.71. The predicted octanol–water partition coefficient (Wildman–Crippen LogP) is 5.75. The minimum atomic E-state index is -1.31. The number of rotatable bonds is 14. The second-order valence-corrected chi connectivity index (χ2v) is 12.8. The molecule has 0 aliphatic carbocycles. The van der Waals surface area contributed by atoms with Gasteiger partial charge in [-0.15, -0.1) is 5.10 Å². The summed E-state index contributed by atoms with van der Waals surface area (Å²) < 4.78 is 38.3. The summed E-state index contributed by atoms with van der Waals surface area (Å²) in [5.74, 6) is -1.28. The zero-order chi connectivity index (χ0) is 39.1. The maximum absolute atomic E-state index is 13.8. The van der Waals surface area contributed by atoms with Gasteiger partial charge in [0, 0.05) is 0 Å². The molecule has 0 unspecified atom stereocenters. The highest BCUT2D eigenvalue weighted by Crippen LogP contribution is 2.43. The van der Waals surface area contributed by atoms with Crippen LogP contribution in [-0.2, 0) is 24.5 Å². The second kappa shape index (κ2) is 16.7. The molecule has 1 aliphatic rings. The van der Waals surface area contributed by atoms with Crippen molar-refractivity contribution in [2.45, 2.75) is 30.1 Å². The minimum absolute atomic E-state index is 0.215. The summed E-state index contributed by atoms with van der Waals surface area (Å²) in [6.07, 6.45) is -3.65. The molecule has 2 heterocycles. The van der Waals surface area contributed by atoms with Crippen LogP contribution in [0.25, 0.3) is 0 Å². The van der Waals surface area contributed by atoms with Gasteiger partial charge in [0.25, 0.3) is 5.91 Å². The van der Waals surface area contributed by atoms with Crippen LogP contribution in [0, 0.1) is 0 Å². The van der Waals surface area contributed by atoms with E-state index in [1.165, 1.54) is 11.0 Å². The van der Waals surface area contributed by atoms with Crippen molar-refractivity contribution in [3.63, 3.8) is 0 Å². The summed E-state index contributed by atoms with van der Waals surface area (Å²) in [5, 5.41) is 4.22. The zero-order valence-electron chi connectivity index (χ0n) is 30.5. The van der Waals surface area contributed by atoms with Crippen LogP contribution in [0.1, 0.15) is 54.3 Å². The van der Waals surface area contributed by atoms with Crippen LogP contribution in [0.15, 0.2) is 146 Å². The molecule has 6 aromatic rings. The molecule has 13 nitrogen and oxygen atoms in total. The molecule has 7 rings (SSSR count). The molecule has 284 valence electrons. The van der Waals surface area contributed by atoms with Crippen LogP contribution in [-0.4, -0.2) is 71.7 Å². The van der Waals surface area contributed by atoms with E-state index in [1.807, 2.05) is 78.9 Å². The summed E-state index contributed by atoms with van der Waals surface area (Å²) in [6.45, 7) is -0.215. The van der Waals surface area contributed by atoms with Gasteiger partial charge in [0.15, 0.2) is 18.4 Å². The number of nitrogens with zero attached hydrogens (tertiary/aromatic N) is 3. The summed E-state index contributed by atoms with van der Waals surface area (Å²) in [4.78, 5) is 43.6. The summed E-state index contributed by atoms with van der Waals surface area (Å²) in [5.41, 5.74) is 6.99. The van der Waals surface area contributed by atoms with E-state index in [9.17, 15) is 14.4 Å². The number of ether oxygens (including phenoxy) is 6. The van der Waals surface area contributed by atoms with Crippen molar-refractivity contribution in [2.75, 3.05) is 20.8 Å². The van der Waals surface area contributed by atoms with Gasteiger partial charge >= 0.3 is 11.9 Å². The molecule has 5 aromatic carbocycles. The van der Waals surface area contributed by atoms with E-state index in [2.05, 4.69) is 10.1 Å². The number of hydrogen-bond donors (Lipinski definition) is 1. The normalized spacial score (nSPS) is 17.8. The molecule has 2 N–H and O–H groups in total. The average molecular weight is 755 g/mol. The molecule has 0 spiro atoms. The standard InChI is InChI=1S/C43H38N4O9/c1-51-33-22-18-31(19-23-33)43(30-16-10-5-11-17-30,32-20-24-34(52-2)25-21-32)53-26-35-36(55-41(49)28-12-6-3-7-13-28)37(56-42(50)29-14-8-4-9-15-29)40(54-35)47-27-45-39(46-47)38(44)48/h3-25,27,35-37,40H,26H2,1-2H3,(H2,44,48)/t35-,36-,37-,40-/m1/s1. The van der Waals surface area contributed by atoms with Gasteiger partial charge in [-0.1, -0.05) is 91.0 Å². The predicted molar refractivity (Wildman–Crippen MR) is 202 cm³/mol. The maximum Gasteiger partial charge on any atom is 0.338 e. The highest BCUT2D eigenvalue weighted by Gasteiger charge is 2.52. The quantitative estimate of drug-likeness (QED) is 0.106. The van der Waals surface area contributed by atoms with Crippen LogP contribution in [0.3, 0.4) is 0 Å². The van der Waals surface area contributed by atoms with Gasteiger partial charge in [-0.2, -0.15) is 0 Å². The Balaban J connectivity index is 1.34. The Kier molecular flexibility index (Phi) is 11.2. The van der Waals surface area contributed by atoms with Gasteiger partial charge in [-0.05, 0) is 65.2 Å². The third-order valence-corrected chi connectivity index (χ3v) is 9.42. The number of primary amides is 1. The van der Waals surface area contributed by atoms with Crippen molar-refractivity contribution in [1.82, 2.24) is 14.8 Å². The molecule has 1 saturated heterocycles. The largest absolute Gasteiger partial charge is 0.497 e. The van der Waals surface area contributed by atoms with Gasteiger partial charge < -0.3 is 34.2 Å². The Morgan fingerprint density at radius 2 is 1.12 bits per heavy atom. The van der Waals surface area contributed by atoms with Gasteiger partial charge in [-0.25, -0.2) is 19.3 Å². The number of nitrogens with two attached hydrogens (primary N) is 1. The lowest BCUT2D eigenvalue weighted by Gasteiger charge is -2.37. The number of hydrogen-bond acceptors (Lipinski definition) is 11. The zero-order valence-corrected chi connectivity index (χ0v) is 30.5. The topological polar surface area (TPSA) is 163 Å². The van der Waals surface area contributed by atoms with Gasteiger partial charge in [0.05, 0.1) is 32.0 Å². The van der Waals surface area contributed by atoms with Crippen molar-refractivity contribution in [2.24, 2.45) is 5.73 Å². The Morgan fingerprint density at radius 3 is 1.59 bits per heavy atom. The van der Waals surface area contributed by atoms with Gasteiger partial charge in [-0.3, -0.25) is 4.79 Å². The van der Waals surface area contributed by atoms with E-state index in [1.54, 1.807) is 74.9 Å². The van der Waals surface area contributed by atoms with Crippen molar-refractivity contribution in [3.8, 4) is 11.5 Å². The Bertz CT molecular complexity index is 2200. The lowest BCUT2D eigenvalue weighted by atomic mass is 9.80. The molecule has 0 saturated carbocycles. The Labute approximate surface area is 322 Å². The van der Waals surface area contributed by atoms with Crippen LogP contribution in [0.2, 0.25) is 0 Å². The fourth-order valence-electron chi connectivity index (χ4n) is 6.65. The van der Waals surface area contributed by atoms with Crippen LogP contribution in [0.4, 0.5) is 0 Å². The summed E-state index contributed by atoms with van der Waals surface area (Å²) in [6, 6.07) is 41.4. The molecular weight excluding hydrogens is 716 g/mol. The fraction of sp³-hybridized carbons (Fsp3) is 0.186. The molecule has 1 fully saturated rings. The van der Waals surface area contributed by atoms with E-state index >= 15 is 0 Å². The lowest BCUT2D eigenvalue weighted by molar-refractivity contribution is -0.0993. The van der Waals surface area contributed by atoms with Crippen LogP contribution >= 0.6 is 0 Å². The molecule has 56 heavy (non-hydrogen) atoms.